The van der Waals surface area contributed by atoms with Crippen molar-refractivity contribution in [3.63, 3.8) is 0 Å². The molecule has 1 atom stereocenters. The van der Waals surface area contributed by atoms with Crippen molar-refractivity contribution in [3.05, 3.63) is 41.3 Å². The van der Waals surface area contributed by atoms with Gasteiger partial charge in [-0.3, -0.25) is 4.31 Å². The Balaban J connectivity index is 1.83. The van der Waals surface area contributed by atoms with Gasteiger partial charge in [0.15, 0.2) is 0 Å². The quantitative estimate of drug-likeness (QED) is 0.823. The van der Waals surface area contributed by atoms with Crippen LogP contribution in [-0.2, 0) is 0 Å². The number of hydrogen-bond donors (Lipinski definition) is 2. The van der Waals surface area contributed by atoms with E-state index in [4.69, 9.17) is 5.73 Å². The van der Waals surface area contributed by atoms with Crippen LogP contribution in [0.2, 0.25) is 0 Å². The van der Waals surface area contributed by atoms with E-state index in [1.807, 2.05) is 18.0 Å². The summed E-state index contributed by atoms with van der Waals surface area (Å²) in [4.78, 5) is 0. The molecule has 0 aliphatic carbocycles. The maximum absolute atomic E-state index is 13.4. The molecule has 0 bridgehead atoms. The summed E-state index contributed by atoms with van der Waals surface area (Å²) in [5, 5.41) is 3.48. The molecule has 108 valence electrons. The van der Waals surface area contributed by atoms with Crippen molar-refractivity contribution in [1.82, 2.24) is 9.62 Å². The van der Waals surface area contributed by atoms with Gasteiger partial charge in [0.2, 0.25) is 0 Å². The number of benzene rings is 1. The molecule has 1 aromatic carbocycles. The van der Waals surface area contributed by atoms with E-state index in [1.165, 1.54) is 5.56 Å². The van der Waals surface area contributed by atoms with Crippen LogP contribution in [0.4, 0.5) is 4.39 Å². The number of piperidine rings is 1. The van der Waals surface area contributed by atoms with Crippen LogP contribution in [-0.4, -0.2) is 23.7 Å². The molecule has 2 heterocycles. The lowest BCUT2D eigenvalue weighted by Gasteiger charge is -2.33. The van der Waals surface area contributed by atoms with Crippen LogP contribution in [0.5, 0.6) is 0 Å². The average molecular weight is 293 g/mol. The van der Waals surface area contributed by atoms with Gasteiger partial charge in [-0.1, -0.05) is 18.0 Å². The fourth-order valence-electron chi connectivity index (χ4n) is 3.26. The second-order valence-corrected chi connectivity index (χ2v) is 6.26. The van der Waals surface area contributed by atoms with Crippen LogP contribution in [0, 0.1) is 11.7 Å². The molecule has 0 aromatic heterocycles. The van der Waals surface area contributed by atoms with Gasteiger partial charge < -0.3 is 11.1 Å². The number of rotatable bonds is 2. The number of nitrogens with one attached hydrogen (secondary N) is 1. The number of fused-ring (bicyclic) bond motifs is 1. The van der Waals surface area contributed by atoms with Gasteiger partial charge in [-0.25, -0.2) is 4.39 Å². The van der Waals surface area contributed by atoms with E-state index in [-0.39, 0.29) is 11.9 Å². The van der Waals surface area contributed by atoms with Gasteiger partial charge >= 0.3 is 0 Å². The number of hydrogen-bond acceptors (Lipinski definition) is 4. The van der Waals surface area contributed by atoms with Gasteiger partial charge in [-0.2, -0.15) is 0 Å². The van der Waals surface area contributed by atoms with E-state index in [0.717, 1.165) is 37.2 Å². The third-order valence-electron chi connectivity index (χ3n) is 4.35. The summed E-state index contributed by atoms with van der Waals surface area (Å²) in [5.41, 5.74) is 8.64. The molecular weight excluding hydrogens is 273 g/mol. The van der Waals surface area contributed by atoms with E-state index >= 15 is 0 Å². The van der Waals surface area contributed by atoms with Crippen molar-refractivity contribution in [3.8, 4) is 0 Å². The van der Waals surface area contributed by atoms with Crippen LogP contribution < -0.4 is 11.1 Å². The Labute approximate surface area is 123 Å². The van der Waals surface area contributed by atoms with Crippen LogP contribution in [0.25, 0.3) is 5.70 Å². The predicted octanol–water partition coefficient (Wildman–Crippen LogP) is 2.72. The SMILES string of the molecule is CSN1CCC(C2N/C(=C\N)c3cc(F)ccc32)CC1. The highest BCUT2D eigenvalue weighted by Crippen LogP contribution is 2.40. The number of halogens is 1. The lowest BCUT2D eigenvalue weighted by Crippen LogP contribution is -2.33. The minimum absolute atomic E-state index is 0.206. The zero-order valence-electron chi connectivity index (χ0n) is 11.6. The Bertz CT molecular complexity index is 524. The second kappa shape index (κ2) is 5.66. The fourth-order valence-corrected chi connectivity index (χ4v) is 3.83. The van der Waals surface area contributed by atoms with E-state index in [1.54, 1.807) is 18.3 Å². The molecule has 3 rings (SSSR count). The zero-order chi connectivity index (χ0) is 14.1. The van der Waals surface area contributed by atoms with Gasteiger partial charge in [0.25, 0.3) is 0 Å². The first-order valence-electron chi connectivity index (χ1n) is 7.00. The first-order valence-corrected chi connectivity index (χ1v) is 8.18. The maximum atomic E-state index is 13.4. The Hall–Kier alpha value is -1.20. The van der Waals surface area contributed by atoms with E-state index in [2.05, 4.69) is 15.9 Å². The Morgan fingerprint density at radius 1 is 1.40 bits per heavy atom. The molecule has 5 heteroatoms. The molecule has 0 radical (unpaired) electrons. The molecule has 1 unspecified atom stereocenters. The summed E-state index contributed by atoms with van der Waals surface area (Å²) >= 11 is 1.81. The van der Waals surface area contributed by atoms with Gasteiger partial charge in [-0.05, 0) is 42.7 Å². The standard InChI is InChI=1S/C15H20FN3S/c1-20-19-6-4-10(5-7-19)15-12-3-2-11(16)8-13(12)14(9-17)18-15/h2-3,8-10,15,18H,4-7,17H2,1H3/b14-9-. The van der Waals surface area contributed by atoms with Crippen molar-refractivity contribution >= 4 is 17.6 Å². The lowest BCUT2D eigenvalue weighted by atomic mass is 9.86. The van der Waals surface area contributed by atoms with E-state index < -0.39 is 0 Å². The van der Waals surface area contributed by atoms with E-state index in [9.17, 15) is 4.39 Å². The lowest BCUT2D eigenvalue weighted by molar-refractivity contribution is 0.250. The van der Waals surface area contributed by atoms with Crippen molar-refractivity contribution in [2.24, 2.45) is 11.7 Å². The summed E-state index contributed by atoms with van der Waals surface area (Å²) in [6.07, 6.45) is 6.00. The molecule has 3 nitrogen and oxygen atoms in total. The summed E-state index contributed by atoms with van der Waals surface area (Å²) in [6.45, 7) is 2.23. The summed E-state index contributed by atoms with van der Waals surface area (Å²) < 4.78 is 15.8. The summed E-state index contributed by atoms with van der Waals surface area (Å²) in [7, 11) is 0. The molecule has 0 spiro atoms. The minimum Gasteiger partial charge on any atom is -0.403 e. The highest BCUT2D eigenvalue weighted by Gasteiger charge is 2.34. The highest BCUT2D eigenvalue weighted by molar-refractivity contribution is 7.96. The van der Waals surface area contributed by atoms with Gasteiger partial charge in [0.1, 0.15) is 5.82 Å². The summed E-state index contributed by atoms with van der Waals surface area (Å²) in [6, 6.07) is 5.30. The largest absolute Gasteiger partial charge is 0.403 e. The van der Waals surface area contributed by atoms with Crippen LogP contribution in [0.3, 0.4) is 0 Å². The molecule has 1 fully saturated rings. The molecule has 2 aliphatic heterocycles. The second-order valence-electron chi connectivity index (χ2n) is 5.38. The first-order chi connectivity index (χ1) is 9.72. The molecule has 2 aliphatic rings. The first kappa shape index (κ1) is 13.8. The normalized spacial score (nSPS) is 25.7. The van der Waals surface area contributed by atoms with Crippen molar-refractivity contribution in [2.75, 3.05) is 19.3 Å². The molecule has 3 N–H and O–H groups in total. The molecule has 1 aromatic rings. The van der Waals surface area contributed by atoms with Gasteiger partial charge in [0, 0.05) is 24.9 Å². The van der Waals surface area contributed by atoms with Crippen molar-refractivity contribution in [2.45, 2.75) is 18.9 Å². The van der Waals surface area contributed by atoms with Crippen LogP contribution in [0.1, 0.15) is 30.0 Å². The number of nitrogens with zero attached hydrogens (tertiary/aromatic N) is 1. The predicted molar refractivity (Wildman–Crippen MR) is 82.3 cm³/mol. The third kappa shape index (κ3) is 2.40. The van der Waals surface area contributed by atoms with Crippen molar-refractivity contribution in [1.29, 1.82) is 0 Å². The Morgan fingerprint density at radius 2 is 2.15 bits per heavy atom. The van der Waals surface area contributed by atoms with Crippen LogP contribution in [0.15, 0.2) is 24.4 Å². The molecule has 0 amide bonds. The van der Waals surface area contributed by atoms with Gasteiger partial charge in [0.05, 0.1) is 11.7 Å². The zero-order valence-corrected chi connectivity index (χ0v) is 12.4. The smallest absolute Gasteiger partial charge is 0.123 e. The molecular formula is C15H20FN3S. The summed E-state index contributed by atoms with van der Waals surface area (Å²) in [5.74, 6) is 0.378. The minimum atomic E-state index is -0.206. The Kier molecular flexibility index (Phi) is 3.89. The average Bonchev–Trinajstić information content (AvgIpc) is 2.85. The Morgan fingerprint density at radius 3 is 2.80 bits per heavy atom. The van der Waals surface area contributed by atoms with Gasteiger partial charge in [-0.15, -0.1) is 0 Å². The molecule has 1 saturated heterocycles. The monoisotopic (exact) mass is 293 g/mol. The maximum Gasteiger partial charge on any atom is 0.123 e. The molecule has 0 saturated carbocycles. The topological polar surface area (TPSA) is 41.3 Å². The van der Waals surface area contributed by atoms with Crippen molar-refractivity contribution < 1.29 is 4.39 Å². The van der Waals surface area contributed by atoms with Crippen LogP contribution >= 0.6 is 11.9 Å². The third-order valence-corrected chi connectivity index (χ3v) is 5.23. The van der Waals surface area contributed by atoms with E-state index in [0.29, 0.717) is 5.92 Å². The highest BCUT2D eigenvalue weighted by atomic mass is 32.2. The number of nitrogens with two attached hydrogens (primary N) is 1. The molecule has 20 heavy (non-hydrogen) atoms. The fraction of sp³-hybridized carbons (Fsp3) is 0.467.